The summed E-state index contributed by atoms with van der Waals surface area (Å²) in [6.45, 7) is 6.92. The van der Waals surface area contributed by atoms with Gasteiger partial charge >= 0.3 is 0 Å². The Bertz CT molecular complexity index is 358. The number of amides is 1. The van der Waals surface area contributed by atoms with Crippen LogP contribution in [0.2, 0.25) is 0 Å². The highest BCUT2D eigenvalue weighted by molar-refractivity contribution is 7.89. The van der Waals surface area contributed by atoms with Crippen LogP contribution in [0.25, 0.3) is 0 Å². The average Bonchev–Trinajstić information content (AvgIpc) is 2.09. The first kappa shape index (κ1) is 11.0. The van der Waals surface area contributed by atoms with Crippen LogP contribution in [-0.4, -0.2) is 30.4 Å². The van der Waals surface area contributed by atoms with Crippen molar-refractivity contribution in [1.82, 2.24) is 4.31 Å². The molecular weight excluding hydrogens is 202 g/mol. The molecule has 0 saturated carbocycles. The zero-order valence-electron chi connectivity index (χ0n) is 7.85. The molecule has 1 aliphatic heterocycles. The Morgan fingerprint density at radius 2 is 2.14 bits per heavy atom. The maximum absolute atomic E-state index is 11.6. The molecule has 5 heteroatoms. The number of allylic oxidation sites excluding steroid dienone is 1. The molecule has 1 amide bonds. The fourth-order valence-electron chi connectivity index (χ4n) is 1.30. The second kappa shape index (κ2) is 3.96. The van der Waals surface area contributed by atoms with Crippen molar-refractivity contribution in [2.45, 2.75) is 18.9 Å². The van der Waals surface area contributed by atoms with E-state index in [0.717, 1.165) is 4.31 Å². The Labute approximate surface area is 84.0 Å². The van der Waals surface area contributed by atoms with Crippen molar-refractivity contribution in [2.75, 3.05) is 5.75 Å². The van der Waals surface area contributed by atoms with Gasteiger partial charge in [-0.25, -0.2) is 12.7 Å². The zero-order chi connectivity index (χ0) is 10.8. The molecule has 0 aromatic heterocycles. The summed E-state index contributed by atoms with van der Waals surface area (Å²) >= 11 is 0. The topological polar surface area (TPSA) is 54.5 Å². The molecule has 4 nitrogen and oxygen atoms in total. The minimum atomic E-state index is -3.45. The summed E-state index contributed by atoms with van der Waals surface area (Å²) in [5.74, 6) is -0.411. The second-order valence-electron chi connectivity index (χ2n) is 3.09. The first-order chi connectivity index (χ1) is 6.53. The third-order valence-corrected chi connectivity index (χ3v) is 3.91. The Balaban J connectivity index is 2.76. The molecule has 14 heavy (non-hydrogen) atoms. The third-order valence-electron chi connectivity index (χ3n) is 2.08. The molecule has 0 aromatic rings. The normalized spacial score (nSPS) is 21.6. The van der Waals surface area contributed by atoms with E-state index in [9.17, 15) is 13.2 Å². The van der Waals surface area contributed by atoms with E-state index in [1.165, 1.54) is 12.2 Å². The summed E-state index contributed by atoms with van der Waals surface area (Å²) < 4.78 is 24.0. The quantitative estimate of drug-likeness (QED) is 0.500. The number of hydrogen-bond acceptors (Lipinski definition) is 3. The highest BCUT2D eigenvalue weighted by Crippen LogP contribution is 2.24. The molecule has 78 valence electrons. The first-order valence-electron chi connectivity index (χ1n) is 4.31. The minimum Gasteiger partial charge on any atom is -0.274 e. The van der Waals surface area contributed by atoms with E-state index in [-0.39, 0.29) is 24.1 Å². The van der Waals surface area contributed by atoms with Crippen molar-refractivity contribution in [2.24, 2.45) is 0 Å². The number of sulfonamides is 1. The number of hydrogen-bond donors (Lipinski definition) is 0. The van der Waals surface area contributed by atoms with Gasteiger partial charge in [0.25, 0.3) is 0 Å². The van der Waals surface area contributed by atoms with E-state index < -0.39 is 10.0 Å². The van der Waals surface area contributed by atoms with Crippen LogP contribution in [0.3, 0.4) is 0 Å². The molecule has 1 rings (SSSR count). The summed E-state index contributed by atoms with van der Waals surface area (Å²) in [7, 11) is -3.45. The van der Waals surface area contributed by atoms with Crippen LogP contribution >= 0.6 is 0 Å². The highest BCUT2D eigenvalue weighted by Gasteiger charge is 2.41. The van der Waals surface area contributed by atoms with Crippen molar-refractivity contribution < 1.29 is 13.2 Å². The number of nitrogens with zero attached hydrogens (tertiary/aromatic N) is 1. The number of carbonyl (C=O) groups is 1. The van der Waals surface area contributed by atoms with Crippen LogP contribution in [0.1, 0.15) is 12.8 Å². The van der Waals surface area contributed by atoms with Gasteiger partial charge in [0, 0.05) is 0 Å². The summed E-state index contributed by atoms with van der Waals surface area (Å²) in [5, 5.41) is 0. The largest absolute Gasteiger partial charge is 0.274 e. The molecule has 0 spiro atoms. The number of β-lactam (4-membered cyclic amide) rings is 1. The summed E-state index contributed by atoms with van der Waals surface area (Å²) in [4.78, 5) is 11.1. The molecule has 0 N–H and O–H groups in total. The standard InChI is InChI=1S/C9H13NO3S/c1-3-5-6-14(12,13)10-8(4-2)7-9(10)11/h3-4,8H,1-2,5-7H2. The summed E-state index contributed by atoms with van der Waals surface area (Å²) in [6.07, 6.45) is 3.60. The van der Waals surface area contributed by atoms with Crippen molar-refractivity contribution in [3.05, 3.63) is 25.3 Å². The van der Waals surface area contributed by atoms with Gasteiger partial charge in [-0.1, -0.05) is 12.2 Å². The third kappa shape index (κ3) is 1.87. The van der Waals surface area contributed by atoms with Crippen molar-refractivity contribution in [3.63, 3.8) is 0 Å². The number of rotatable bonds is 5. The van der Waals surface area contributed by atoms with E-state index in [4.69, 9.17) is 0 Å². The van der Waals surface area contributed by atoms with Crippen molar-refractivity contribution in [1.29, 1.82) is 0 Å². The lowest BCUT2D eigenvalue weighted by atomic mass is 10.1. The summed E-state index contributed by atoms with van der Waals surface area (Å²) in [5.41, 5.74) is 0. The van der Waals surface area contributed by atoms with Crippen LogP contribution in [0.4, 0.5) is 0 Å². The lowest BCUT2D eigenvalue weighted by Gasteiger charge is -2.37. The Morgan fingerprint density at radius 3 is 2.57 bits per heavy atom. The van der Waals surface area contributed by atoms with Crippen molar-refractivity contribution >= 4 is 15.9 Å². The van der Waals surface area contributed by atoms with E-state index in [1.54, 1.807) is 0 Å². The highest BCUT2D eigenvalue weighted by atomic mass is 32.2. The van der Waals surface area contributed by atoms with Gasteiger partial charge in [0.15, 0.2) is 0 Å². The zero-order valence-corrected chi connectivity index (χ0v) is 8.66. The van der Waals surface area contributed by atoms with Gasteiger partial charge in [0.05, 0.1) is 18.2 Å². The SMILES string of the molecule is C=CCCS(=O)(=O)N1C(=O)CC1C=C. The first-order valence-corrected chi connectivity index (χ1v) is 5.92. The molecular formula is C9H13NO3S. The molecule has 1 heterocycles. The molecule has 1 atom stereocenters. The van der Waals surface area contributed by atoms with E-state index in [0.29, 0.717) is 6.42 Å². The maximum Gasteiger partial charge on any atom is 0.239 e. The number of carbonyl (C=O) groups excluding carboxylic acids is 1. The van der Waals surface area contributed by atoms with Crippen LogP contribution in [-0.2, 0) is 14.8 Å². The van der Waals surface area contributed by atoms with Crippen LogP contribution in [0.5, 0.6) is 0 Å². The van der Waals surface area contributed by atoms with Crippen LogP contribution in [0.15, 0.2) is 25.3 Å². The fraction of sp³-hybridized carbons (Fsp3) is 0.444. The van der Waals surface area contributed by atoms with E-state index in [2.05, 4.69) is 13.2 Å². The van der Waals surface area contributed by atoms with Gasteiger partial charge in [-0.05, 0) is 6.42 Å². The molecule has 1 fully saturated rings. The Hall–Kier alpha value is -1.10. The minimum absolute atomic E-state index is 0.0629. The fourth-order valence-corrected chi connectivity index (χ4v) is 2.91. The van der Waals surface area contributed by atoms with E-state index >= 15 is 0 Å². The predicted molar refractivity (Wildman–Crippen MR) is 54.0 cm³/mol. The molecule has 0 bridgehead atoms. The van der Waals surface area contributed by atoms with E-state index in [1.807, 2.05) is 0 Å². The van der Waals surface area contributed by atoms with Gasteiger partial charge in [-0.2, -0.15) is 0 Å². The van der Waals surface area contributed by atoms with Gasteiger partial charge in [-0.3, -0.25) is 4.79 Å². The van der Waals surface area contributed by atoms with Crippen molar-refractivity contribution in [3.8, 4) is 0 Å². The maximum atomic E-state index is 11.6. The molecule has 1 unspecified atom stereocenters. The van der Waals surface area contributed by atoms with Gasteiger partial charge < -0.3 is 0 Å². The molecule has 1 saturated heterocycles. The molecule has 0 radical (unpaired) electrons. The smallest absolute Gasteiger partial charge is 0.239 e. The van der Waals surface area contributed by atoms with Crippen LogP contribution in [0, 0.1) is 0 Å². The molecule has 0 aliphatic carbocycles. The second-order valence-corrected chi connectivity index (χ2v) is 5.06. The molecule has 1 aliphatic rings. The summed E-state index contributed by atoms with van der Waals surface area (Å²) in [6, 6.07) is -0.350. The van der Waals surface area contributed by atoms with Gasteiger partial charge in [-0.15, -0.1) is 13.2 Å². The Kier molecular flexibility index (Phi) is 3.10. The predicted octanol–water partition coefficient (Wildman–Crippen LogP) is 0.679. The monoisotopic (exact) mass is 215 g/mol. The lowest BCUT2D eigenvalue weighted by molar-refractivity contribution is -0.135. The lowest BCUT2D eigenvalue weighted by Crippen LogP contribution is -2.55. The van der Waals surface area contributed by atoms with Gasteiger partial charge in [0.2, 0.25) is 15.9 Å². The average molecular weight is 215 g/mol. The molecule has 0 aromatic carbocycles. The van der Waals surface area contributed by atoms with Gasteiger partial charge in [0.1, 0.15) is 0 Å². The van der Waals surface area contributed by atoms with Crippen LogP contribution < -0.4 is 0 Å². The Morgan fingerprint density at radius 1 is 1.50 bits per heavy atom.